The fourth-order valence-corrected chi connectivity index (χ4v) is 2.91. The number of aryl methyl sites for hydroxylation is 3. The molecular weight excluding hydrogens is 328 g/mol. The number of fused-ring (bicyclic) bond motifs is 1. The largest absolute Gasteiger partial charge is 0.436 e. The number of oxazole rings is 1. The van der Waals surface area contributed by atoms with E-state index in [1.165, 1.54) is 11.1 Å². The van der Waals surface area contributed by atoms with E-state index in [-0.39, 0.29) is 0 Å². The van der Waals surface area contributed by atoms with Crippen LogP contribution in [0.3, 0.4) is 0 Å². The minimum Gasteiger partial charge on any atom is -0.436 e. The maximum absolute atomic E-state index is 5.93. The first kappa shape index (κ1) is 14.3. The van der Waals surface area contributed by atoms with E-state index in [1.54, 1.807) is 0 Å². The topological polar surface area (TPSA) is 29.9 Å². The summed E-state index contributed by atoms with van der Waals surface area (Å²) in [6, 6.07) is 6.17. The summed E-state index contributed by atoms with van der Waals surface area (Å²) in [6.07, 6.45) is 5.25. The number of halogens is 1. The lowest BCUT2D eigenvalue weighted by molar-refractivity contribution is -0.697. The molecule has 2 heterocycles. The second kappa shape index (κ2) is 5.60. The van der Waals surface area contributed by atoms with Crippen molar-refractivity contribution in [3.63, 3.8) is 0 Å². The van der Waals surface area contributed by atoms with Gasteiger partial charge in [-0.1, -0.05) is 6.92 Å². The Bertz CT molecular complexity index is 769. The summed E-state index contributed by atoms with van der Waals surface area (Å²) in [4.78, 5) is 4.63. The van der Waals surface area contributed by atoms with E-state index in [0.29, 0.717) is 5.89 Å². The average Bonchev–Trinajstić information content (AvgIpc) is 2.82. The van der Waals surface area contributed by atoms with Crippen LogP contribution in [0.4, 0.5) is 0 Å². The number of pyridine rings is 1. The molecule has 21 heavy (non-hydrogen) atoms. The summed E-state index contributed by atoms with van der Waals surface area (Å²) >= 11 is 3.56. The van der Waals surface area contributed by atoms with Crippen molar-refractivity contribution in [1.29, 1.82) is 0 Å². The molecule has 1 aromatic carbocycles. The molecule has 3 rings (SSSR count). The standard InChI is InChI=1S/C17H18BrN2O/c1-4-5-20-9-13(8-14(18)10-20)17-19-15-6-11(2)12(3)7-16(15)21-17/h6-10H,4-5H2,1-3H3/q+1. The molecule has 0 atom stereocenters. The monoisotopic (exact) mass is 345 g/mol. The van der Waals surface area contributed by atoms with Crippen LogP contribution in [0.1, 0.15) is 24.5 Å². The van der Waals surface area contributed by atoms with Crippen LogP contribution in [0, 0.1) is 13.8 Å². The molecule has 0 saturated carbocycles. The lowest BCUT2D eigenvalue weighted by Crippen LogP contribution is -2.32. The van der Waals surface area contributed by atoms with E-state index >= 15 is 0 Å². The Morgan fingerprint density at radius 1 is 1.14 bits per heavy atom. The van der Waals surface area contributed by atoms with Gasteiger partial charge in [0.15, 0.2) is 18.0 Å². The van der Waals surface area contributed by atoms with Gasteiger partial charge in [-0.15, -0.1) is 0 Å². The zero-order chi connectivity index (χ0) is 15.0. The van der Waals surface area contributed by atoms with E-state index < -0.39 is 0 Å². The third-order valence-electron chi connectivity index (χ3n) is 3.62. The molecule has 108 valence electrons. The van der Waals surface area contributed by atoms with Gasteiger partial charge in [0.25, 0.3) is 0 Å². The molecular formula is C17H18BrN2O+. The Labute approximate surface area is 132 Å². The summed E-state index contributed by atoms with van der Waals surface area (Å²) in [6.45, 7) is 7.33. The van der Waals surface area contributed by atoms with Crippen LogP contribution in [-0.2, 0) is 6.54 Å². The van der Waals surface area contributed by atoms with Crippen molar-refractivity contribution in [2.75, 3.05) is 0 Å². The Balaban J connectivity index is 2.11. The smallest absolute Gasteiger partial charge is 0.233 e. The van der Waals surface area contributed by atoms with Crippen molar-refractivity contribution in [2.45, 2.75) is 33.7 Å². The summed E-state index contributed by atoms with van der Waals surface area (Å²) in [7, 11) is 0. The van der Waals surface area contributed by atoms with Gasteiger partial charge in [0, 0.05) is 6.42 Å². The number of aromatic nitrogens is 2. The minimum absolute atomic E-state index is 0.668. The molecule has 0 fully saturated rings. The predicted molar refractivity (Wildman–Crippen MR) is 87.1 cm³/mol. The molecule has 0 aliphatic carbocycles. The molecule has 0 aliphatic rings. The second-order valence-electron chi connectivity index (χ2n) is 5.40. The van der Waals surface area contributed by atoms with Crippen molar-refractivity contribution in [3.8, 4) is 11.5 Å². The normalized spacial score (nSPS) is 11.2. The van der Waals surface area contributed by atoms with Crippen molar-refractivity contribution >= 4 is 27.0 Å². The Hall–Kier alpha value is -1.68. The first-order chi connectivity index (χ1) is 10.1. The van der Waals surface area contributed by atoms with Crippen LogP contribution in [0.5, 0.6) is 0 Å². The number of nitrogens with zero attached hydrogens (tertiary/aromatic N) is 2. The van der Waals surface area contributed by atoms with E-state index in [1.807, 2.05) is 6.07 Å². The predicted octanol–water partition coefficient (Wildman–Crippen LogP) is 4.57. The molecule has 0 amide bonds. The van der Waals surface area contributed by atoms with Gasteiger partial charge in [-0.2, -0.15) is 0 Å². The van der Waals surface area contributed by atoms with Crippen molar-refractivity contribution in [1.82, 2.24) is 4.98 Å². The molecule has 0 bridgehead atoms. The third-order valence-corrected chi connectivity index (χ3v) is 4.05. The van der Waals surface area contributed by atoms with Crippen molar-refractivity contribution in [3.05, 3.63) is 46.2 Å². The van der Waals surface area contributed by atoms with Crippen LogP contribution in [0.25, 0.3) is 22.6 Å². The third kappa shape index (κ3) is 2.86. The van der Waals surface area contributed by atoms with E-state index in [4.69, 9.17) is 4.42 Å². The molecule has 0 aliphatic heterocycles. The second-order valence-corrected chi connectivity index (χ2v) is 6.32. The molecule has 3 nitrogen and oxygen atoms in total. The fourth-order valence-electron chi connectivity index (χ4n) is 2.41. The van der Waals surface area contributed by atoms with Gasteiger partial charge in [-0.25, -0.2) is 9.55 Å². The number of hydrogen-bond acceptors (Lipinski definition) is 2. The van der Waals surface area contributed by atoms with Gasteiger partial charge in [0.05, 0.1) is 4.47 Å². The maximum atomic E-state index is 5.93. The molecule has 3 aromatic rings. The summed E-state index contributed by atoms with van der Waals surface area (Å²) in [5.41, 5.74) is 5.20. The highest BCUT2D eigenvalue weighted by Crippen LogP contribution is 2.27. The maximum Gasteiger partial charge on any atom is 0.233 e. The number of benzene rings is 1. The first-order valence-corrected chi connectivity index (χ1v) is 7.94. The Morgan fingerprint density at radius 2 is 1.90 bits per heavy atom. The Kier molecular flexibility index (Phi) is 3.81. The molecule has 0 N–H and O–H groups in total. The van der Waals surface area contributed by atoms with E-state index in [0.717, 1.165) is 34.1 Å². The average molecular weight is 346 g/mol. The van der Waals surface area contributed by atoms with E-state index in [2.05, 4.69) is 70.8 Å². The molecule has 4 heteroatoms. The lowest BCUT2D eigenvalue weighted by atomic mass is 10.1. The van der Waals surface area contributed by atoms with Gasteiger partial charge in [0.2, 0.25) is 5.89 Å². The van der Waals surface area contributed by atoms with Crippen LogP contribution >= 0.6 is 15.9 Å². The van der Waals surface area contributed by atoms with Gasteiger partial charge >= 0.3 is 0 Å². The van der Waals surface area contributed by atoms with E-state index in [9.17, 15) is 0 Å². The highest BCUT2D eigenvalue weighted by Gasteiger charge is 2.14. The van der Waals surface area contributed by atoms with Crippen LogP contribution in [0.2, 0.25) is 0 Å². The summed E-state index contributed by atoms with van der Waals surface area (Å²) in [5, 5.41) is 0. The zero-order valence-electron chi connectivity index (χ0n) is 12.5. The number of hydrogen-bond donors (Lipinski definition) is 0. The molecule has 0 radical (unpaired) electrons. The minimum atomic E-state index is 0.668. The lowest BCUT2D eigenvalue weighted by Gasteiger charge is -1.98. The SMILES string of the molecule is CCC[n+]1cc(Br)cc(-c2nc3cc(C)c(C)cc3o2)c1. The molecule has 2 aromatic heterocycles. The fraction of sp³-hybridized carbons (Fsp3) is 0.294. The highest BCUT2D eigenvalue weighted by molar-refractivity contribution is 9.10. The van der Waals surface area contributed by atoms with Gasteiger partial charge in [-0.3, -0.25) is 0 Å². The molecule has 0 unspecified atom stereocenters. The van der Waals surface area contributed by atoms with Crippen LogP contribution in [-0.4, -0.2) is 4.98 Å². The van der Waals surface area contributed by atoms with Crippen LogP contribution < -0.4 is 4.57 Å². The summed E-state index contributed by atoms with van der Waals surface area (Å²) < 4.78 is 9.12. The summed E-state index contributed by atoms with van der Waals surface area (Å²) in [5.74, 6) is 0.668. The molecule has 0 saturated heterocycles. The van der Waals surface area contributed by atoms with Gasteiger partial charge in [-0.05, 0) is 59.1 Å². The van der Waals surface area contributed by atoms with Crippen molar-refractivity contribution < 1.29 is 8.98 Å². The van der Waals surface area contributed by atoms with Gasteiger partial charge < -0.3 is 4.42 Å². The zero-order valence-corrected chi connectivity index (χ0v) is 14.1. The Morgan fingerprint density at radius 3 is 2.67 bits per heavy atom. The first-order valence-electron chi connectivity index (χ1n) is 7.14. The quantitative estimate of drug-likeness (QED) is 0.650. The van der Waals surface area contributed by atoms with Gasteiger partial charge in [0.1, 0.15) is 17.6 Å². The highest BCUT2D eigenvalue weighted by atomic mass is 79.9. The number of rotatable bonds is 3. The molecule has 0 spiro atoms. The van der Waals surface area contributed by atoms with Crippen LogP contribution in [0.15, 0.2) is 39.5 Å². The van der Waals surface area contributed by atoms with Crippen molar-refractivity contribution in [2.24, 2.45) is 0 Å².